The Morgan fingerprint density at radius 2 is 1.65 bits per heavy atom. The Kier molecular flexibility index (Phi) is 4.45. The van der Waals surface area contributed by atoms with Gasteiger partial charge in [0.2, 0.25) is 0 Å². The molecule has 0 N–H and O–H groups in total. The van der Waals surface area contributed by atoms with Crippen LogP contribution in [-0.2, 0) is 11.2 Å². The number of fused-ring (bicyclic) bond motifs is 1. The summed E-state index contributed by atoms with van der Waals surface area (Å²) in [5.41, 5.74) is 2.85. The molecule has 2 aromatic rings. The van der Waals surface area contributed by atoms with Gasteiger partial charge in [0.05, 0.1) is 12.6 Å². The normalized spacial score (nSPS) is 27.7. The Hall–Kier alpha value is -1.64. The maximum atomic E-state index is 6.13. The number of nitrogens with zero attached hydrogens (tertiary/aromatic N) is 1. The Labute approximate surface area is 139 Å². The summed E-state index contributed by atoms with van der Waals surface area (Å²) < 4.78 is 6.13. The molecule has 23 heavy (non-hydrogen) atoms. The molecule has 2 saturated heterocycles. The van der Waals surface area contributed by atoms with Crippen molar-refractivity contribution in [2.24, 2.45) is 0 Å². The van der Waals surface area contributed by atoms with Gasteiger partial charge in [0.1, 0.15) is 6.23 Å². The summed E-state index contributed by atoms with van der Waals surface area (Å²) in [5, 5.41) is 0. The van der Waals surface area contributed by atoms with Gasteiger partial charge >= 0.3 is 0 Å². The number of ether oxygens (including phenoxy) is 1. The van der Waals surface area contributed by atoms with Crippen LogP contribution in [0.1, 0.15) is 42.9 Å². The maximum Gasteiger partial charge on any atom is 0.111 e. The minimum Gasteiger partial charge on any atom is -0.361 e. The fourth-order valence-electron chi connectivity index (χ4n) is 4.19. The Morgan fingerprint density at radius 3 is 2.43 bits per heavy atom. The zero-order valence-corrected chi connectivity index (χ0v) is 13.6. The van der Waals surface area contributed by atoms with Crippen LogP contribution in [0, 0.1) is 0 Å². The number of hydrogen-bond acceptors (Lipinski definition) is 2. The van der Waals surface area contributed by atoms with Gasteiger partial charge in [0, 0.05) is 6.04 Å². The van der Waals surface area contributed by atoms with E-state index in [1.54, 1.807) is 0 Å². The van der Waals surface area contributed by atoms with Gasteiger partial charge in [-0.05, 0) is 43.2 Å². The molecule has 4 rings (SSSR count). The van der Waals surface area contributed by atoms with E-state index in [4.69, 9.17) is 4.74 Å². The zero-order chi connectivity index (χ0) is 15.5. The summed E-state index contributed by atoms with van der Waals surface area (Å²) in [6.07, 6.45) is 6.50. The highest BCUT2D eigenvalue weighted by atomic mass is 16.5. The molecule has 3 atom stereocenters. The lowest BCUT2D eigenvalue weighted by molar-refractivity contribution is -0.0281. The number of benzene rings is 2. The molecule has 0 aromatic heterocycles. The third-order valence-electron chi connectivity index (χ3n) is 5.34. The molecule has 2 aliphatic rings. The van der Waals surface area contributed by atoms with Crippen molar-refractivity contribution in [3.05, 3.63) is 71.8 Å². The number of rotatable bonds is 4. The van der Waals surface area contributed by atoms with Crippen molar-refractivity contribution in [1.82, 2.24) is 4.90 Å². The fourth-order valence-corrected chi connectivity index (χ4v) is 4.19. The predicted octanol–water partition coefficient (Wildman–Crippen LogP) is 4.57. The molecule has 0 bridgehead atoms. The van der Waals surface area contributed by atoms with Crippen LogP contribution >= 0.6 is 0 Å². The van der Waals surface area contributed by atoms with Crippen LogP contribution in [0.15, 0.2) is 60.7 Å². The third-order valence-corrected chi connectivity index (χ3v) is 5.34. The second-order valence-corrected chi connectivity index (χ2v) is 6.77. The molecule has 0 spiro atoms. The van der Waals surface area contributed by atoms with E-state index in [1.165, 1.54) is 36.8 Å². The molecule has 3 unspecified atom stereocenters. The topological polar surface area (TPSA) is 12.5 Å². The van der Waals surface area contributed by atoms with E-state index in [1.807, 2.05) is 0 Å². The van der Waals surface area contributed by atoms with Gasteiger partial charge in [-0.3, -0.25) is 4.90 Å². The molecule has 2 fully saturated rings. The van der Waals surface area contributed by atoms with Crippen LogP contribution in [-0.4, -0.2) is 23.8 Å². The van der Waals surface area contributed by atoms with Crippen molar-refractivity contribution < 1.29 is 4.74 Å². The largest absolute Gasteiger partial charge is 0.361 e. The molecule has 2 heterocycles. The average molecular weight is 307 g/mol. The van der Waals surface area contributed by atoms with E-state index in [0.717, 1.165) is 13.0 Å². The zero-order valence-electron chi connectivity index (χ0n) is 13.6. The summed E-state index contributed by atoms with van der Waals surface area (Å²) >= 11 is 0. The fraction of sp³-hybridized carbons (Fsp3) is 0.429. The van der Waals surface area contributed by atoms with E-state index in [2.05, 4.69) is 65.6 Å². The number of hydrogen-bond donors (Lipinski definition) is 0. The lowest BCUT2D eigenvalue weighted by Gasteiger charge is -2.40. The molecule has 120 valence electrons. The Bertz CT molecular complexity index is 612. The molecule has 0 saturated carbocycles. The van der Waals surface area contributed by atoms with Gasteiger partial charge in [0.25, 0.3) is 0 Å². The number of piperidine rings is 1. The summed E-state index contributed by atoms with van der Waals surface area (Å²) in [7, 11) is 0. The van der Waals surface area contributed by atoms with Gasteiger partial charge in [-0.1, -0.05) is 60.7 Å². The SMILES string of the molecule is c1ccc(CCC2CCCC3OCC(c4ccccc4)N23)cc1. The summed E-state index contributed by atoms with van der Waals surface area (Å²) in [6, 6.07) is 22.8. The monoisotopic (exact) mass is 307 g/mol. The molecule has 0 radical (unpaired) electrons. The molecule has 2 aromatic carbocycles. The highest BCUT2D eigenvalue weighted by Gasteiger charge is 2.41. The van der Waals surface area contributed by atoms with E-state index < -0.39 is 0 Å². The minimum absolute atomic E-state index is 0.328. The lowest BCUT2D eigenvalue weighted by Crippen LogP contribution is -2.44. The van der Waals surface area contributed by atoms with Crippen molar-refractivity contribution in [2.75, 3.05) is 6.61 Å². The van der Waals surface area contributed by atoms with E-state index >= 15 is 0 Å². The smallest absolute Gasteiger partial charge is 0.111 e. The van der Waals surface area contributed by atoms with Crippen LogP contribution in [0.2, 0.25) is 0 Å². The maximum absolute atomic E-state index is 6.13. The standard InChI is InChI=1S/C21H25NO/c1-3-8-17(9-4-1)14-15-19-12-7-13-21-22(19)20(16-23-21)18-10-5-2-6-11-18/h1-6,8-11,19-21H,7,12-16H2. The Morgan fingerprint density at radius 1 is 0.913 bits per heavy atom. The first-order valence-corrected chi connectivity index (χ1v) is 8.90. The molecule has 2 heteroatoms. The van der Waals surface area contributed by atoms with Gasteiger partial charge in [0.15, 0.2) is 0 Å². The average Bonchev–Trinajstić information content (AvgIpc) is 3.06. The number of aryl methyl sites for hydroxylation is 1. The molecule has 0 aliphatic carbocycles. The highest BCUT2D eigenvalue weighted by molar-refractivity contribution is 5.21. The minimum atomic E-state index is 0.328. The quantitative estimate of drug-likeness (QED) is 0.820. The van der Waals surface area contributed by atoms with Gasteiger partial charge in [-0.15, -0.1) is 0 Å². The molecular formula is C21H25NO. The van der Waals surface area contributed by atoms with Crippen LogP contribution in [0.5, 0.6) is 0 Å². The first-order chi connectivity index (χ1) is 11.4. The third kappa shape index (κ3) is 3.19. The second-order valence-electron chi connectivity index (χ2n) is 6.77. The van der Waals surface area contributed by atoms with E-state index in [-0.39, 0.29) is 0 Å². The summed E-state index contributed by atoms with van der Waals surface area (Å²) in [6.45, 7) is 0.844. The van der Waals surface area contributed by atoms with Crippen LogP contribution in [0.3, 0.4) is 0 Å². The summed E-state index contributed by atoms with van der Waals surface area (Å²) in [4.78, 5) is 2.67. The van der Waals surface area contributed by atoms with Crippen LogP contribution < -0.4 is 0 Å². The predicted molar refractivity (Wildman–Crippen MR) is 93.2 cm³/mol. The van der Waals surface area contributed by atoms with Gasteiger partial charge < -0.3 is 4.74 Å². The van der Waals surface area contributed by atoms with Crippen LogP contribution in [0.25, 0.3) is 0 Å². The van der Waals surface area contributed by atoms with Gasteiger partial charge in [-0.2, -0.15) is 0 Å². The van der Waals surface area contributed by atoms with Crippen molar-refractivity contribution in [3.8, 4) is 0 Å². The van der Waals surface area contributed by atoms with Crippen LogP contribution in [0.4, 0.5) is 0 Å². The van der Waals surface area contributed by atoms with Gasteiger partial charge in [-0.25, -0.2) is 0 Å². The van der Waals surface area contributed by atoms with E-state index in [0.29, 0.717) is 18.3 Å². The lowest BCUT2D eigenvalue weighted by atomic mass is 9.92. The van der Waals surface area contributed by atoms with Crippen molar-refractivity contribution in [3.63, 3.8) is 0 Å². The summed E-state index contributed by atoms with van der Waals surface area (Å²) in [5.74, 6) is 0. The molecule has 2 nitrogen and oxygen atoms in total. The first kappa shape index (κ1) is 14.9. The molecular weight excluding hydrogens is 282 g/mol. The van der Waals surface area contributed by atoms with Crippen molar-refractivity contribution >= 4 is 0 Å². The van der Waals surface area contributed by atoms with Crippen molar-refractivity contribution in [2.45, 2.75) is 50.4 Å². The molecule has 2 aliphatic heterocycles. The van der Waals surface area contributed by atoms with E-state index in [9.17, 15) is 0 Å². The van der Waals surface area contributed by atoms with Crippen molar-refractivity contribution in [1.29, 1.82) is 0 Å². The second kappa shape index (κ2) is 6.86. The first-order valence-electron chi connectivity index (χ1n) is 8.90. The molecule has 0 amide bonds. The highest BCUT2D eigenvalue weighted by Crippen LogP contribution is 2.39. The Balaban J connectivity index is 1.50.